The highest BCUT2D eigenvalue weighted by atomic mass is 16.5. The molecule has 0 saturated carbocycles. The van der Waals surface area contributed by atoms with E-state index in [4.69, 9.17) is 9.84 Å². The molecule has 1 saturated heterocycles. The van der Waals surface area contributed by atoms with Crippen molar-refractivity contribution in [2.45, 2.75) is 38.8 Å². The average molecular weight is 431 g/mol. The summed E-state index contributed by atoms with van der Waals surface area (Å²) in [5.74, 6) is 0.0667. The van der Waals surface area contributed by atoms with Crippen molar-refractivity contribution in [2.75, 3.05) is 19.8 Å². The number of nitrogens with zero attached hydrogens (tertiary/aromatic N) is 5. The van der Waals surface area contributed by atoms with Crippen molar-refractivity contribution in [3.63, 3.8) is 0 Å². The molecule has 4 heterocycles. The molecule has 1 fully saturated rings. The van der Waals surface area contributed by atoms with Gasteiger partial charge in [0.05, 0.1) is 18.3 Å². The molecule has 5 rings (SSSR count). The third-order valence-corrected chi connectivity index (χ3v) is 6.22. The SMILES string of the molecule is CC(=O)N1CCc2c(c(-c3cccc(C(=O)Cc4cncnc4)c3)nn2C2CCOC2)C1. The van der Waals surface area contributed by atoms with Crippen LogP contribution < -0.4 is 0 Å². The third kappa shape index (κ3) is 3.93. The van der Waals surface area contributed by atoms with Gasteiger partial charge in [0.25, 0.3) is 0 Å². The molecular weight excluding hydrogens is 406 g/mol. The third-order valence-electron chi connectivity index (χ3n) is 6.22. The highest BCUT2D eigenvalue weighted by Gasteiger charge is 2.30. The van der Waals surface area contributed by atoms with E-state index in [9.17, 15) is 9.59 Å². The zero-order valence-corrected chi connectivity index (χ0v) is 18.0. The molecule has 1 unspecified atom stereocenters. The van der Waals surface area contributed by atoms with Gasteiger partial charge >= 0.3 is 0 Å². The summed E-state index contributed by atoms with van der Waals surface area (Å²) < 4.78 is 7.71. The van der Waals surface area contributed by atoms with Crippen molar-refractivity contribution in [2.24, 2.45) is 0 Å². The Morgan fingerprint density at radius 2 is 2.06 bits per heavy atom. The molecule has 3 aromatic rings. The summed E-state index contributed by atoms with van der Waals surface area (Å²) in [5, 5.41) is 4.99. The number of ether oxygens (including phenoxy) is 1. The fourth-order valence-corrected chi connectivity index (χ4v) is 4.51. The van der Waals surface area contributed by atoms with E-state index in [1.54, 1.807) is 19.3 Å². The first-order valence-corrected chi connectivity index (χ1v) is 10.9. The average Bonchev–Trinajstić information content (AvgIpc) is 3.47. The Hall–Kier alpha value is -3.39. The minimum absolute atomic E-state index is 0.00417. The van der Waals surface area contributed by atoms with E-state index in [2.05, 4.69) is 14.6 Å². The Labute approximate surface area is 186 Å². The number of rotatable bonds is 5. The van der Waals surface area contributed by atoms with Gasteiger partial charge in [-0.05, 0) is 18.1 Å². The number of hydrogen-bond donors (Lipinski definition) is 0. The van der Waals surface area contributed by atoms with Crippen molar-refractivity contribution in [1.82, 2.24) is 24.6 Å². The van der Waals surface area contributed by atoms with Crippen LogP contribution in [0.1, 0.15) is 46.6 Å². The largest absolute Gasteiger partial charge is 0.379 e. The second kappa shape index (κ2) is 8.63. The summed E-state index contributed by atoms with van der Waals surface area (Å²) in [5.41, 5.74) is 5.38. The molecule has 0 radical (unpaired) electrons. The van der Waals surface area contributed by atoms with E-state index in [1.165, 1.54) is 12.0 Å². The minimum Gasteiger partial charge on any atom is -0.379 e. The number of carbonyl (C=O) groups is 2. The lowest BCUT2D eigenvalue weighted by Gasteiger charge is -2.27. The number of Topliss-reactive ketones (excluding diaryl/α,β-unsaturated/α-hetero) is 1. The van der Waals surface area contributed by atoms with E-state index < -0.39 is 0 Å². The zero-order chi connectivity index (χ0) is 22.1. The maximum atomic E-state index is 12.9. The lowest BCUT2D eigenvalue weighted by atomic mass is 9.97. The summed E-state index contributed by atoms with van der Waals surface area (Å²) in [4.78, 5) is 34.8. The van der Waals surface area contributed by atoms with E-state index in [0.717, 1.165) is 41.8 Å². The van der Waals surface area contributed by atoms with Crippen molar-refractivity contribution >= 4 is 11.7 Å². The Bertz CT molecular complexity index is 1150. The molecule has 164 valence electrons. The van der Waals surface area contributed by atoms with Gasteiger partial charge in [0.1, 0.15) is 6.33 Å². The van der Waals surface area contributed by atoms with Crippen LogP contribution in [0.5, 0.6) is 0 Å². The van der Waals surface area contributed by atoms with Crippen molar-refractivity contribution < 1.29 is 14.3 Å². The van der Waals surface area contributed by atoms with E-state index in [-0.39, 0.29) is 24.2 Å². The number of aromatic nitrogens is 4. The Balaban J connectivity index is 1.51. The number of benzene rings is 1. The van der Waals surface area contributed by atoms with Crippen molar-refractivity contribution in [3.8, 4) is 11.3 Å². The number of carbonyl (C=O) groups excluding carboxylic acids is 2. The zero-order valence-electron chi connectivity index (χ0n) is 18.0. The summed E-state index contributed by atoms with van der Waals surface area (Å²) in [6.45, 7) is 4.22. The molecule has 2 aliphatic rings. The lowest BCUT2D eigenvalue weighted by molar-refractivity contribution is -0.129. The molecule has 0 spiro atoms. The summed E-state index contributed by atoms with van der Waals surface area (Å²) in [7, 11) is 0. The highest BCUT2D eigenvalue weighted by Crippen LogP contribution is 2.34. The van der Waals surface area contributed by atoms with Gasteiger partial charge in [-0.2, -0.15) is 5.10 Å². The Morgan fingerprint density at radius 3 is 2.81 bits per heavy atom. The summed E-state index contributed by atoms with van der Waals surface area (Å²) >= 11 is 0. The van der Waals surface area contributed by atoms with Crippen LogP contribution >= 0.6 is 0 Å². The number of hydrogen-bond acceptors (Lipinski definition) is 6. The van der Waals surface area contributed by atoms with Gasteiger partial charge in [0.2, 0.25) is 5.91 Å². The molecule has 1 atom stereocenters. The number of fused-ring (bicyclic) bond motifs is 1. The van der Waals surface area contributed by atoms with Crippen LogP contribution in [0.2, 0.25) is 0 Å². The summed E-state index contributed by atoms with van der Waals surface area (Å²) in [6, 6.07) is 7.81. The van der Waals surface area contributed by atoms with Gasteiger partial charge in [0.15, 0.2) is 5.78 Å². The lowest BCUT2D eigenvalue weighted by Crippen LogP contribution is -2.35. The van der Waals surface area contributed by atoms with Crippen molar-refractivity contribution in [1.29, 1.82) is 0 Å². The topological polar surface area (TPSA) is 90.2 Å². The quantitative estimate of drug-likeness (QED) is 0.577. The van der Waals surface area contributed by atoms with Gasteiger partial charge in [-0.15, -0.1) is 0 Å². The molecule has 8 heteroatoms. The smallest absolute Gasteiger partial charge is 0.219 e. The molecule has 32 heavy (non-hydrogen) atoms. The summed E-state index contributed by atoms with van der Waals surface area (Å²) in [6.07, 6.45) is 6.72. The fourth-order valence-electron chi connectivity index (χ4n) is 4.51. The molecule has 1 amide bonds. The molecule has 2 aromatic heterocycles. The van der Waals surface area contributed by atoms with Crippen molar-refractivity contribution in [3.05, 3.63) is 65.4 Å². The van der Waals surface area contributed by atoms with Crippen LogP contribution in [-0.2, 0) is 28.9 Å². The monoisotopic (exact) mass is 431 g/mol. The van der Waals surface area contributed by atoms with Crippen LogP contribution in [-0.4, -0.2) is 56.1 Å². The normalized spacial score (nSPS) is 17.9. The molecule has 0 N–H and O–H groups in total. The predicted molar refractivity (Wildman–Crippen MR) is 117 cm³/mol. The molecule has 2 aliphatic heterocycles. The molecular formula is C24H25N5O3. The minimum atomic E-state index is 0.00417. The molecule has 0 bridgehead atoms. The van der Waals surface area contributed by atoms with E-state index in [0.29, 0.717) is 25.3 Å². The highest BCUT2D eigenvalue weighted by molar-refractivity contribution is 5.98. The van der Waals surface area contributed by atoms with Crippen LogP contribution in [0.4, 0.5) is 0 Å². The number of ketones is 1. The van der Waals surface area contributed by atoms with Crippen LogP contribution in [0.15, 0.2) is 43.0 Å². The van der Waals surface area contributed by atoms with Crippen LogP contribution in [0.3, 0.4) is 0 Å². The number of amides is 1. The van der Waals surface area contributed by atoms with Gasteiger partial charge in [0, 0.05) is 74.2 Å². The molecule has 1 aromatic carbocycles. The Kier molecular flexibility index (Phi) is 5.53. The second-order valence-electron chi connectivity index (χ2n) is 8.35. The van der Waals surface area contributed by atoms with Crippen LogP contribution in [0, 0.1) is 0 Å². The van der Waals surface area contributed by atoms with Gasteiger partial charge in [-0.25, -0.2) is 9.97 Å². The second-order valence-corrected chi connectivity index (χ2v) is 8.35. The maximum Gasteiger partial charge on any atom is 0.219 e. The standard InChI is InChI=1S/C24H25N5O3/c1-16(30)28-7-5-22-21(13-28)24(27-29(22)20-6-8-32-14-20)19-4-2-3-18(10-19)23(31)9-17-11-25-15-26-12-17/h2-4,10-12,15,20H,5-9,13-14H2,1H3. The van der Waals surface area contributed by atoms with E-state index >= 15 is 0 Å². The first-order valence-electron chi connectivity index (χ1n) is 10.9. The maximum absolute atomic E-state index is 12.9. The first kappa shape index (κ1) is 20.5. The Morgan fingerprint density at radius 1 is 1.22 bits per heavy atom. The van der Waals surface area contributed by atoms with E-state index in [1.807, 2.05) is 29.2 Å². The first-order chi connectivity index (χ1) is 15.6. The van der Waals surface area contributed by atoms with Gasteiger partial charge < -0.3 is 9.64 Å². The predicted octanol–water partition coefficient (Wildman–Crippen LogP) is 2.63. The van der Waals surface area contributed by atoms with Crippen LogP contribution in [0.25, 0.3) is 11.3 Å². The fraction of sp³-hybridized carbons (Fsp3) is 0.375. The van der Waals surface area contributed by atoms with Gasteiger partial charge in [-0.1, -0.05) is 18.2 Å². The van der Waals surface area contributed by atoms with Gasteiger partial charge in [-0.3, -0.25) is 14.3 Å². The molecule has 0 aliphatic carbocycles. The molecule has 8 nitrogen and oxygen atoms in total.